The molecule has 0 saturated carbocycles. The van der Waals surface area contributed by atoms with E-state index in [0.29, 0.717) is 41.4 Å². The molecule has 8 heteroatoms. The molecule has 0 aromatic heterocycles. The number of hydrogen-bond donors (Lipinski definition) is 1. The monoisotopic (exact) mass is 580 g/mol. The summed E-state index contributed by atoms with van der Waals surface area (Å²) in [6.45, 7) is 14.5. The van der Waals surface area contributed by atoms with Crippen molar-refractivity contribution in [1.29, 1.82) is 0 Å². The van der Waals surface area contributed by atoms with Crippen LogP contribution in [0.3, 0.4) is 0 Å². The molecular weight excluding hydrogens is 532 g/mol. The lowest BCUT2D eigenvalue weighted by Crippen LogP contribution is -2.45. The Bertz CT molecular complexity index is 1230. The van der Waals surface area contributed by atoms with E-state index in [2.05, 4.69) is 69.1 Å². The van der Waals surface area contributed by atoms with Crippen molar-refractivity contribution in [1.82, 2.24) is 4.90 Å². The second kappa shape index (κ2) is 14.5. The second-order valence-corrected chi connectivity index (χ2v) is 12.3. The van der Waals surface area contributed by atoms with E-state index in [1.54, 1.807) is 46.3 Å². The Labute approximate surface area is 251 Å². The van der Waals surface area contributed by atoms with Crippen LogP contribution in [-0.2, 0) is 32.0 Å². The number of methoxy groups -OCH3 is 2. The number of nitrogens with zero attached hydrogens (tertiary/aromatic N) is 1. The van der Waals surface area contributed by atoms with Crippen LogP contribution >= 0.6 is 0 Å². The number of anilines is 1. The lowest BCUT2D eigenvalue weighted by atomic mass is 10.0. The molecule has 0 radical (unpaired) electrons. The molecule has 1 atom stereocenters. The molecule has 1 unspecified atom stereocenters. The van der Waals surface area contributed by atoms with Gasteiger partial charge in [0.2, 0.25) is 0 Å². The van der Waals surface area contributed by atoms with Crippen LogP contribution in [0.1, 0.15) is 78.9 Å². The molecule has 230 valence electrons. The number of ether oxygens (including phenoxy) is 4. The Balaban J connectivity index is 2.13. The number of carbonyl (C=O) groups is 2. The van der Waals surface area contributed by atoms with Crippen LogP contribution in [0.5, 0.6) is 11.5 Å². The highest BCUT2D eigenvalue weighted by molar-refractivity contribution is 6.16. The van der Waals surface area contributed by atoms with Gasteiger partial charge in [-0.2, -0.15) is 0 Å². The number of esters is 2. The third-order valence-corrected chi connectivity index (χ3v) is 7.23. The van der Waals surface area contributed by atoms with Gasteiger partial charge in [-0.3, -0.25) is 0 Å². The maximum absolute atomic E-state index is 13.4. The average molecular weight is 581 g/mol. The maximum Gasteiger partial charge on any atom is 0.352 e. The zero-order chi connectivity index (χ0) is 31.0. The molecule has 42 heavy (non-hydrogen) atoms. The molecule has 8 nitrogen and oxygen atoms in total. The molecule has 1 heterocycles. The Hall–Kier alpha value is -3.68. The van der Waals surface area contributed by atoms with E-state index in [0.717, 1.165) is 31.2 Å². The highest BCUT2D eigenvalue weighted by Gasteiger charge is 2.42. The number of cyclic esters (lactones) is 2. The first-order chi connectivity index (χ1) is 19.8. The van der Waals surface area contributed by atoms with Crippen LogP contribution in [0.25, 0.3) is 0 Å². The largest absolute Gasteiger partial charge is 0.497 e. The Morgan fingerprint density at radius 1 is 0.857 bits per heavy atom. The Morgan fingerprint density at radius 2 is 1.48 bits per heavy atom. The summed E-state index contributed by atoms with van der Waals surface area (Å²) >= 11 is 0. The summed E-state index contributed by atoms with van der Waals surface area (Å²) in [7, 11) is 3.14. The van der Waals surface area contributed by atoms with E-state index >= 15 is 0 Å². The van der Waals surface area contributed by atoms with Crippen molar-refractivity contribution in [3.8, 4) is 11.5 Å². The van der Waals surface area contributed by atoms with E-state index < -0.39 is 17.7 Å². The smallest absolute Gasteiger partial charge is 0.352 e. The normalized spacial score (nSPS) is 15.3. The molecule has 3 rings (SSSR count). The zero-order valence-electron chi connectivity index (χ0n) is 26.7. The summed E-state index contributed by atoms with van der Waals surface area (Å²) in [5, 5.41) is 3.37. The number of nitrogens with one attached hydrogen (secondary N) is 1. The minimum atomic E-state index is -1.36. The summed E-state index contributed by atoms with van der Waals surface area (Å²) in [6.07, 6.45) is 3.93. The lowest BCUT2D eigenvalue weighted by Gasteiger charge is -2.37. The van der Waals surface area contributed by atoms with Crippen molar-refractivity contribution in [2.45, 2.75) is 92.5 Å². The van der Waals surface area contributed by atoms with Crippen LogP contribution in [-0.4, -0.2) is 42.9 Å². The van der Waals surface area contributed by atoms with Gasteiger partial charge in [0, 0.05) is 32.5 Å². The molecule has 0 amide bonds. The standard InChI is InChI=1S/C34H48N2O6/c1-22(2)11-10-12-24(5)36(21-26-15-13-25(14-16-26)19-23(3)4)31(30-32(37)41-34(6,7)42-33(30)38)35-28-18-17-27(39-8)20-29(28)40-9/h13-18,20,22-24,35H,10-12,19,21H2,1-9H3. The predicted octanol–water partition coefficient (Wildman–Crippen LogP) is 7.08. The van der Waals surface area contributed by atoms with Crippen LogP contribution in [0, 0.1) is 11.8 Å². The van der Waals surface area contributed by atoms with Crippen molar-refractivity contribution < 1.29 is 28.5 Å². The van der Waals surface area contributed by atoms with E-state index in [4.69, 9.17) is 18.9 Å². The molecule has 2 aromatic carbocycles. The van der Waals surface area contributed by atoms with Crippen molar-refractivity contribution in [3.05, 3.63) is 65.0 Å². The van der Waals surface area contributed by atoms with Gasteiger partial charge in [-0.1, -0.05) is 64.8 Å². The molecule has 1 N–H and O–H groups in total. The molecule has 1 saturated heterocycles. The second-order valence-electron chi connectivity index (χ2n) is 12.3. The summed E-state index contributed by atoms with van der Waals surface area (Å²) in [6, 6.07) is 13.8. The average Bonchev–Trinajstić information content (AvgIpc) is 2.90. The maximum atomic E-state index is 13.4. The first kappa shape index (κ1) is 32.8. The lowest BCUT2D eigenvalue weighted by molar-refractivity contribution is -0.222. The molecule has 1 fully saturated rings. The van der Waals surface area contributed by atoms with E-state index in [1.165, 1.54) is 5.56 Å². The van der Waals surface area contributed by atoms with Gasteiger partial charge < -0.3 is 29.2 Å². The fourth-order valence-corrected chi connectivity index (χ4v) is 5.03. The van der Waals surface area contributed by atoms with Crippen molar-refractivity contribution >= 4 is 17.6 Å². The topological polar surface area (TPSA) is 86.3 Å². The fourth-order valence-electron chi connectivity index (χ4n) is 5.03. The summed E-state index contributed by atoms with van der Waals surface area (Å²) in [5.74, 6) is -0.283. The van der Waals surface area contributed by atoms with Crippen LogP contribution < -0.4 is 14.8 Å². The van der Waals surface area contributed by atoms with Gasteiger partial charge in [0.1, 0.15) is 17.3 Å². The van der Waals surface area contributed by atoms with E-state index in [9.17, 15) is 9.59 Å². The summed E-state index contributed by atoms with van der Waals surface area (Å²) in [4.78, 5) is 28.9. The zero-order valence-corrected chi connectivity index (χ0v) is 26.7. The molecule has 0 spiro atoms. The highest BCUT2D eigenvalue weighted by Crippen LogP contribution is 2.34. The van der Waals surface area contributed by atoms with Crippen molar-refractivity contribution in [3.63, 3.8) is 0 Å². The summed E-state index contributed by atoms with van der Waals surface area (Å²) in [5.41, 5.74) is 2.71. The molecule has 2 aromatic rings. The number of carbonyl (C=O) groups excluding carboxylic acids is 2. The Morgan fingerprint density at radius 3 is 2.02 bits per heavy atom. The van der Waals surface area contributed by atoms with Gasteiger partial charge in [-0.15, -0.1) is 0 Å². The SMILES string of the molecule is COc1ccc(NC(=C2C(=O)OC(C)(C)OC2=O)N(Cc2ccc(CC(C)C)cc2)C(C)CCCC(C)C)c(OC)c1. The quantitative estimate of drug-likeness (QED) is 0.144. The van der Waals surface area contributed by atoms with Gasteiger partial charge in [0.05, 0.1) is 19.9 Å². The van der Waals surface area contributed by atoms with Gasteiger partial charge >= 0.3 is 11.9 Å². The first-order valence-corrected chi connectivity index (χ1v) is 14.9. The minimum Gasteiger partial charge on any atom is -0.497 e. The van der Waals surface area contributed by atoms with Gasteiger partial charge in [-0.25, -0.2) is 9.59 Å². The van der Waals surface area contributed by atoms with E-state index in [-0.39, 0.29) is 11.6 Å². The van der Waals surface area contributed by atoms with Crippen LogP contribution in [0.2, 0.25) is 0 Å². The number of hydrogen-bond acceptors (Lipinski definition) is 8. The number of benzene rings is 2. The predicted molar refractivity (Wildman–Crippen MR) is 165 cm³/mol. The van der Waals surface area contributed by atoms with Crippen molar-refractivity contribution in [2.75, 3.05) is 19.5 Å². The third kappa shape index (κ3) is 8.91. The van der Waals surface area contributed by atoms with Crippen LogP contribution in [0.4, 0.5) is 5.69 Å². The third-order valence-electron chi connectivity index (χ3n) is 7.23. The molecule has 1 aliphatic heterocycles. The van der Waals surface area contributed by atoms with Gasteiger partial charge in [0.15, 0.2) is 5.57 Å². The van der Waals surface area contributed by atoms with Gasteiger partial charge in [-0.05, 0) is 54.9 Å². The summed E-state index contributed by atoms with van der Waals surface area (Å²) < 4.78 is 22.1. The van der Waals surface area contributed by atoms with Crippen LogP contribution in [0.15, 0.2) is 53.9 Å². The molecule has 0 bridgehead atoms. The highest BCUT2D eigenvalue weighted by atomic mass is 16.7. The molecular formula is C34H48N2O6. The molecule has 0 aliphatic carbocycles. The van der Waals surface area contributed by atoms with E-state index in [1.807, 2.05) is 0 Å². The van der Waals surface area contributed by atoms with Crippen molar-refractivity contribution in [2.24, 2.45) is 11.8 Å². The fraction of sp³-hybridized carbons (Fsp3) is 0.529. The Kier molecular flexibility index (Phi) is 11.3. The first-order valence-electron chi connectivity index (χ1n) is 14.9. The minimum absolute atomic E-state index is 0.0335. The number of rotatable bonds is 14. The van der Waals surface area contributed by atoms with Gasteiger partial charge in [0.25, 0.3) is 5.79 Å². The molecule has 1 aliphatic rings.